The Morgan fingerprint density at radius 2 is 1.96 bits per heavy atom. The molecule has 0 saturated heterocycles. The summed E-state index contributed by atoms with van der Waals surface area (Å²) in [6.45, 7) is 9.13. The third kappa shape index (κ3) is 2.38. The number of carbonyl (C=O) groups is 1. The average molecular weight is 358 g/mol. The largest absolute Gasteiger partial charge is 0.388 e. The SMILES string of the molecule is CC(C)/C=C1\C[C@H]2[C@@H]3CC[C@H]4N(C)C(=O)C=C[C@]4(C)[C@H]3CC[C@]2(C)[C@H]1O. The van der Waals surface area contributed by atoms with Crippen LogP contribution in [0.3, 0.4) is 0 Å². The fourth-order valence-corrected chi connectivity index (χ4v) is 7.19. The predicted molar refractivity (Wildman–Crippen MR) is 104 cm³/mol. The van der Waals surface area contributed by atoms with Gasteiger partial charge < -0.3 is 10.0 Å². The number of nitrogens with zero attached hydrogens (tertiary/aromatic N) is 1. The van der Waals surface area contributed by atoms with E-state index in [1.165, 1.54) is 18.4 Å². The fraction of sp³-hybridized carbons (Fsp3) is 0.783. The van der Waals surface area contributed by atoms with E-state index in [0.717, 1.165) is 19.3 Å². The van der Waals surface area contributed by atoms with Crippen molar-refractivity contribution in [3.63, 3.8) is 0 Å². The standard InChI is InChI=1S/C23H35NO2/c1-14(2)12-15-13-18-16-6-7-19-22(3,11-9-20(25)24(19)5)17(16)8-10-23(18,4)21(15)26/h9,11-12,14,16-19,21,26H,6-8,10,13H2,1-5H3/b15-12+/t16-,17+,18+,19-,21+,22-,23+/m1/s1. The summed E-state index contributed by atoms with van der Waals surface area (Å²) in [6, 6.07) is 0.336. The number of allylic oxidation sites excluding steroid dienone is 1. The molecule has 0 aromatic carbocycles. The van der Waals surface area contributed by atoms with Crippen LogP contribution in [0.2, 0.25) is 0 Å². The van der Waals surface area contributed by atoms with Gasteiger partial charge in [-0.3, -0.25) is 4.79 Å². The average Bonchev–Trinajstić information content (AvgIpc) is 2.83. The second-order valence-electron chi connectivity index (χ2n) is 10.3. The van der Waals surface area contributed by atoms with E-state index < -0.39 is 0 Å². The third-order valence-electron chi connectivity index (χ3n) is 8.54. The molecule has 4 aliphatic rings. The summed E-state index contributed by atoms with van der Waals surface area (Å²) in [4.78, 5) is 14.2. The first-order valence-corrected chi connectivity index (χ1v) is 10.5. The van der Waals surface area contributed by atoms with Crippen molar-refractivity contribution in [1.82, 2.24) is 4.90 Å². The zero-order valence-electron chi connectivity index (χ0n) is 17.0. The van der Waals surface area contributed by atoms with Crippen molar-refractivity contribution in [2.45, 2.75) is 71.9 Å². The van der Waals surface area contributed by atoms with Gasteiger partial charge in [-0.1, -0.05) is 39.8 Å². The van der Waals surface area contributed by atoms with Crippen molar-refractivity contribution in [3.05, 3.63) is 23.8 Å². The molecule has 1 aliphatic heterocycles. The molecule has 1 N–H and O–H groups in total. The third-order valence-corrected chi connectivity index (χ3v) is 8.54. The molecular weight excluding hydrogens is 322 g/mol. The van der Waals surface area contributed by atoms with Crippen molar-refractivity contribution < 1.29 is 9.90 Å². The molecule has 3 fully saturated rings. The number of fused-ring (bicyclic) bond motifs is 5. The lowest BCUT2D eigenvalue weighted by Crippen LogP contribution is -2.59. The van der Waals surface area contributed by atoms with Gasteiger partial charge in [-0.15, -0.1) is 0 Å². The van der Waals surface area contributed by atoms with E-state index in [2.05, 4.69) is 39.8 Å². The lowest BCUT2D eigenvalue weighted by Gasteiger charge is -2.59. The molecule has 1 heterocycles. The van der Waals surface area contributed by atoms with Crippen molar-refractivity contribution >= 4 is 5.91 Å². The van der Waals surface area contributed by atoms with Crippen LogP contribution in [-0.4, -0.2) is 35.1 Å². The summed E-state index contributed by atoms with van der Waals surface area (Å²) in [6.07, 6.45) is 11.7. The number of aliphatic hydroxyl groups excluding tert-OH is 1. The van der Waals surface area contributed by atoms with Crippen LogP contribution < -0.4 is 0 Å². The number of rotatable bonds is 1. The Bertz CT molecular complexity index is 665. The van der Waals surface area contributed by atoms with E-state index >= 15 is 0 Å². The first kappa shape index (κ1) is 18.3. The highest BCUT2D eigenvalue weighted by Gasteiger charge is 2.61. The zero-order valence-corrected chi connectivity index (χ0v) is 17.0. The smallest absolute Gasteiger partial charge is 0.246 e. The lowest BCUT2D eigenvalue weighted by molar-refractivity contribution is -0.140. The van der Waals surface area contributed by atoms with Crippen molar-refractivity contribution in [3.8, 4) is 0 Å². The van der Waals surface area contributed by atoms with Gasteiger partial charge >= 0.3 is 0 Å². The molecule has 0 aromatic heterocycles. The van der Waals surface area contributed by atoms with Gasteiger partial charge in [-0.05, 0) is 67.4 Å². The normalized spacial score (nSPS) is 49.3. The molecule has 0 spiro atoms. The minimum absolute atomic E-state index is 0.0329. The van der Waals surface area contributed by atoms with Gasteiger partial charge in [0.05, 0.1) is 6.10 Å². The molecule has 144 valence electrons. The molecule has 0 aromatic rings. The van der Waals surface area contributed by atoms with Gasteiger partial charge in [0.25, 0.3) is 0 Å². The number of carbonyl (C=O) groups excluding carboxylic acids is 1. The highest BCUT2D eigenvalue weighted by molar-refractivity contribution is 5.89. The maximum absolute atomic E-state index is 12.2. The Balaban J connectivity index is 1.68. The van der Waals surface area contributed by atoms with Gasteiger partial charge in [0.15, 0.2) is 0 Å². The Kier molecular flexibility index (Phi) is 4.19. The van der Waals surface area contributed by atoms with Crippen LogP contribution in [0.25, 0.3) is 0 Å². The van der Waals surface area contributed by atoms with Crippen LogP contribution >= 0.6 is 0 Å². The summed E-state index contributed by atoms with van der Waals surface area (Å²) in [5.74, 6) is 2.51. The molecule has 0 radical (unpaired) electrons. The summed E-state index contributed by atoms with van der Waals surface area (Å²) in [7, 11) is 1.98. The molecule has 0 unspecified atom stereocenters. The van der Waals surface area contributed by atoms with E-state index in [1.54, 1.807) is 6.08 Å². The molecule has 3 nitrogen and oxygen atoms in total. The summed E-state index contributed by atoms with van der Waals surface area (Å²) < 4.78 is 0. The minimum Gasteiger partial charge on any atom is -0.388 e. The van der Waals surface area contributed by atoms with Gasteiger partial charge in [0, 0.05) is 23.9 Å². The van der Waals surface area contributed by atoms with Crippen LogP contribution in [0.5, 0.6) is 0 Å². The Labute approximate surface area is 158 Å². The van der Waals surface area contributed by atoms with Crippen LogP contribution in [0, 0.1) is 34.5 Å². The maximum Gasteiger partial charge on any atom is 0.246 e. The van der Waals surface area contributed by atoms with E-state index in [-0.39, 0.29) is 22.8 Å². The molecule has 3 saturated carbocycles. The van der Waals surface area contributed by atoms with Gasteiger partial charge in [-0.2, -0.15) is 0 Å². The van der Waals surface area contributed by atoms with E-state index in [9.17, 15) is 9.90 Å². The molecule has 3 heteroatoms. The number of hydrogen-bond donors (Lipinski definition) is 1. The summed E-state index contributed by atoms with van der Waals surface area (Å²) >= 11 is 0. The molecule has 0 bridgehead atoms. The van der Waals surface area contributed by atoms with E-state index in [0.29, 0.717) is 29.7 Å². The number of aliphatic hydroxyl groups is 1. The molecular formula is C23H35NO2. The zero-order chi connectivity index (χ0) is 18.9. The predicted octanol–water partition coefficient (Wildman–Crippen LogP) is 4.18. The van der Waals surface area contributed by atoms with Crippen molar-refractivity contribution in [2.24, 2.45) is 34.5 Å². The molecule has 4 rings (SSSR count). The summed E-state index contributed by atoms with van der Waals surface area (Å²) in [5, 5.41) is 11.1. The first-order chi connectivity index (χ1) is 12.2. The molecule has 7 atom stereocenters. The van der Waals surface area contributed by atoms with Crippen LogP contribution in [0.15, 0.2) is 23.8 Å². The van der Waals surface area contributed by atoms with Crippen LogP contribution in [0.4, 0.5) is 0 Å². The van der Waals surface area contributed by atoms with Crippen molar-refractivity contribution in [1.29, 1.82) is 0 Å². The van der Waals surface area contributed by atoms with Crippen molar-refractivity contribution in [2.75, 3.05) is 7.05 Å². The lowest BCUT2D eigenvalue weighted by atomic mass is 9.48. The quantitative estimate of drug-likeness (QED) is 0.715. The highest BCUT2D eigenvalue weighted by Crippen LogP contribution is 2.64. The monoisotopic (exact) mass is 357 g/mol. The topological polar surface area (TPSA) is 40.5 Å². The van der Waals surface area contributed by atoms with Crippen LogP contribution in [-0.2, 0) is 4.79 Å². The number of amides is 1. The Morgan fingerprint density at radius 3 is 2.65 bits per heavy atom. The second kappa shape index (κ2) is 5.95. The van der Waals surface area contributed by atoms with Gasteiger partial charge in [-0.25, -0.2) is 0 Å². The first-order valence-electron chi connectivity index (χ1n) is 10.5. The Hall–Kier alpha value is -1.09. The second-order valence-corrected chi connectivity index (χ2v) is 10.3. The van der Waals surface area contributed by atoms with Gasteiger partial charge in [0.1, 0.15) is 0 Å². The minimum atomic E-state index is -0.271. The molecule has 26 heavy (non-hydrogen) atoms. The molecule has 3 aliphatic carbocycles. The van der Waals surface area contributed by atoms with E-state index in [1.807, 2.05) is 11.9 Å². The maximum atomic E-state index is 12.2. The van der Waals surface area contributed by atoms with E-state index in [4.69, 9.17) is 0 Å². The number of likely N-dealkylation sites (N-methyl/N-ethyl adjacent to an activating group) is 1. The number of hydrogen-bond acceptors (Lipinski definition) is 2. The van der Waals surface area contributed by atoms with Crippen LogP contribution in [0.1, 0.15) is 59.8 Å². The fourth-order valence-electron chi connectivity index (χ4n) is 7.19. The highest BCUT2D eigenvalue weighted by atomic mass is 16.3. The summed E-state index contributed by atoms with van der Waals surface area (Å²) in [5.41, 5.74) is 1.40. The molecule has 1 amide bonds. The Morgan fingerprint density at radius 1 is 1.23 bits per heavy atom. The van der Waals surface area contributed by atoms with Gasteiger partial charge in [0.2, 0.25) is 5.91 Å².